The van der Waals surface area contributed by atoms with Crippen LogP contribution in [-0.2, 0) is 0 Å². The van der Waals surface area contributed by atoms with Crippen LogP contribution in [0.25, 0.3) is 0 Å². The van der Waals surface area contributed by atoms with Gasteiger partial charge < -0.3 is 9.52 Å². The molecule has 1 atom stereocenters. The lowest BCUT2D eigenvalue weighted by Gasteiger charge is -2.08. The molecular weight excluding hydrogens is 214 g/mol. The molecular formula is C12H10F2O2. The Labute approximate surface area is 91.1 Å². The van der Waals surface area contributed by atoms with Crippen molar-refractivity contribution in [2.75, 3.05) is 0 Å². The number of furan rings is 1. The van der Waals surface area contributed by atoms with Crippen molar-refractivity contribution >= 4 is 0 Å². The normalized spacial score (nSPS) is 12.8. The van der Waals surface area contributed by atoms with Crippen molar-refractivity contribution in [3.8, 4) is 0 Å². The van der Waals surface area contributed by atoms with Crippen molar-refractivity contribution < 1.29 is 18.3 Å². The quantitative estimate of drug-likeness (QED) is 0.850. The van der Waals surface area contributed by atoms with Crippen molar-refractivity contribution in [2.24, 2.45) is 0 Å². The number of aliphatic hydroxyl groups excluding tert-OH is 1. The van der Waals surface area contributed by atoms with E-state index in [0.717, 1.165) is 18.2 Å². The molecule has 1 aromatic heterocycles. The number of halogens is 2. The maximum Gasteiger partial charge on any atom is 0.137 e. The van der Waals surface area contributed by atoms with Crippen molar-refractivity contribution in [3.05, 3.63) is 59.1 Å². The van der Waals surface area contributed by atoms with Crippen LogP contribution in [0, 0.1) is 18.6 Å². The fraction of sp³-hybridized carbons (Fsp3) is 0.167. The lowest BCUT2D eigenvalue weighted by atomic mass is 10.1. The largest absolute Gasteiger partial charge is 0.463 e. The molecule has 2 aromatic rings. The summed E-state index contributed by atoms with van der Waals surface area (Å²) in [6.45, 7) is 1.72. The van der Waals surface area contributed by atoms with Crippen LogP contribution in [0.3, 0.4) is 0 Å². The summed E-state index contributed by atoms with van der Waals surface area (Å²) in [7, 11) is 0. The molecule has 0 saturated carbocycles. The van der Waals surface area contributed by atoms with Gasteiger partial charge in [0.25, 0.3) is 0 Å². The molecule has 0 amide bonds. The highest BCUT2D eigenvalue weighted by Crippen LogP contribution is 2.24. The van der Waals surface area contributed by atoms with Gasteiger partial charge in [-0.25, -0.2) is 8.78 Å². The Morgan fingerprint density at radius 1 is 1.12 bits per heavy atom. The number of benzene rings is 1. The highest BCUT2D eigenvalue weighted by molar-refractivity contribution is 5.26. The maximum absolute atomic E-state index is 12.9. The van der Waals surface area contributed by atoms with Gasteiger partial charge in [-0.1, -0.05) is 0 Å². The number of rotatable bonds is 2. The van der Waals surface area contributed by atoms with Gasteiger partial charge >= 0.3 is 0 Å². The fourth-order valence-electron chi connectivity index (χ4n) is 1.50. The van der Waals surface area contributed by atoms with E-state index in [1.54, 1.807) is 19.1 Å². The molecule has 0 bridgehead atoms. The van der Waals surface area contributed by atoms with Crippen molar-refractivity contribution in [1.29, 1.82) is 0 Å². The number of hydrogen-bond donors (Lipinski definition) is 1. The molecule has 4 heteroatoms. The molecule has 0 aliphatic carbocycles. The molecule has 0 fully saturated rings. The highest BCUT2D eigenvalue weighted by Gasteiger charge is 2.15. The average Bonchev–Trinajstić information content (AvgIpc) is 2.62. The first-order valence-corrected chi connectivity index (χ1v) is 4.76. The predicted molar refractivity (Wildman–Crippen MR) is 53.9 cm³/mol. The predicted octanol–water partition coefficient (Wildman–Crippen LogP) is 2.95. The van der Waals surface area contributed by atoms with Crippen LogP contribution in [0.4, 0.5) is 8.78 Å². The Morgan fingerprint density at radius 2 is 1.75 bits per heavy atom. The minimum Gasteiger partial charge on any atom is -0.463 e. The first kappa shape index (κ1) is 10.8. The maximum atomic E-state index is 12.9. The summed E-state index contributed by atoms with van der Waals surface area (Å²) >= 11 is 0. The van der Waals surface area contributed by atoms with Crippen LogP contribution in [0.15, 0.2) is 34.7 Å². The Bertz CT molecular complexity index is 485. The summed E-state index contributed by atoms with van der Waals surface area (Å²) in [5.41, 5.74) is 0.131. The fourth-order valence-corrected chi connectivity index (χ4v) is 1.50. The summed E-state index contributed by atoms with van der Waals surface area (Å²) < 4.78 is 31.0. The van der Waals surface area contributed by atoms with Crippen LogP contribution >= 0.6 is 0 Å². The molecule has 2 nitrogen and oxygen atoms in total. The zero-order chi connectivity index (χ0) is 11.7. The molecule has 0 saturated heterocycles. The Kier molecular flexibility index (Phi) is 2.75. The van der Waals surface area contributed by atoms with E-state index in [9.17, 15) is 13.9 Å². The molecule has 0 aliphatic rings. The minimum atomic E-state index is -1.15. The van der Waals surface area contributed by atoms with E-state index in [4.69, 9.17) is 4.42 Å². The highest BCUT2D eigenvalue weighted by atomic mass is 19.1. The molecule has 0 unspecified atom stereocenters. The summed E-state index contributed by atoms with van der Waals surface area (Å²) in [5.74, 6) is -0.553. The number of aryl methyl sites for hydroxylation is 1. The van der Waals surface area contributed by atoms with E-state index in [0.29, 0.717) is 5.76 Å². The van der Waals surface area contributed by atoms with Gasteiger partial charge in [-0.15, -0.1) is 0 Å². The third-order valence-electron chi connectivity index (χ3n) is 2.23. The minimum absolute atomic E-state index is 0.131. The van der Waals surface area contributed by atoms with Gasteiger partial charge in [0.15, 0.2) is 0 Å². The summed E-state index contributed by atoms with van der Waals surface area (Å²) in [6, 6.07) is 6.15. The second-order valence-electron chi connectivity index (χ2n) is 3.55. The zero-order valence-electron chi connectivity index (χ0n) is 8.58. The van der Waals surface area contributed by atoms with Gasteiger partial charge in [0.05, 0.1) is 0 Å². The van der Waals surface area contributed by atoms with Gasteiger partial charge in [-0.05, 0) is 36.8 Å². The molecule has 1 heterocycles. The Morgan fingerprint density at radius 3 is 2.25 bits per heavy atom. The average molecular weight is 224 g/mol. The van der Waals surface area contributed by atoms with E-state index >= 15 is 0 Å². The number of aliphatic hydroxyl groups is 1. The van der Waals surface area contributed by atoms with Crippen LogP contribution in [0.2, 0.25) is 0 Å². The number of hydrogen-bond acceptors (Lipinski definition) is 2. The van der Waals surface area contributed by atoms with Gasteiger partial charge in [-0.2, -0.15) is 0 Å². The topological polar surface area (TPSA) is 33.4 Å². The van der Waals surface area contributed by atoms with Crippen molar-refractivity contribution in [1.82, 2.24) is 0 Å². The molecule has 2 rings (SSSR count). The monoisotopic (exact) mass is 224 g/mol. The molecule has 1 N–H and O–H groups in total. The van der Waals surface area contributed by atoms with Gasteiger partial charge in [0, 0.05) is 6.07 Å². The molecule has 84 valence electrons. The van der Waals surface area contributed by atoms with Gasteiger partial charge in [0.2, 0.25) is 0 Å². The molecule has 0 spiro atoms. The molecule has 1 aromatic carbocycles. The third kappa shape index (κ3) is 2.12. The summed E-state index contributed by atoms with van der Waals surface area (Å²) in [5, 5.41) is 9.83. The first-order valence-electron chi connectivity index (χ1n) is 4.76. The first-order chi connectivity index (χ1) is 7.56. The summed E-state index contributed by atoms with van der Waals surface area (Å²) in [4.78, 5) is 0. The van der Waals surface area contributed by atoms with E-state index in [2.05, 4.69) is 0 Å². The lowest BCUT2D eigenvalue weighted by Crippen LogP contribution is -1.99. The van der Waals surface area contributed by atoms with Crippen LogP contribution in [0.1, 0.15) is 23.2 Å². The SMILES string of the molecule is Cc1ccc([C@H](O)c2cc(F)cc(F)c2)o1. The Balaban J connectivity index is 2.37. The lowest BCUT2D eigenvalue weighted by molar-refractivity contribution is 0.187. The van der Waals surface area contributed by atoms with Crippen LogP contribution in [0.5, 0.6) is 0 Å². The molecule has 16 heavy (non-hydrogen) atoms. The molecule has 0 radical (unpaired) electrons. The van der Waals surface area contributed by atoms with Crippen molar-refractivity contribution in [3.63, 3.8) is 0 Å². The van der Waals surface area contributed by atoms with E-state index in [-0.39, 0.29) is 11.3 Å². The third-order valence-corrected chi connectivity index (χ3v) is 2.23. The Hall–Kier alpha value is -1.68. The van der Waals surface area contributed by atoms with E-state index in [1.165, 1.54) is 0 Å². The van der Waals surface area contributed by atoms with E-state index in [1.807, 2.05) is 0 Å². The van der Waals surface area contributed by atoms with Gasteiger partial charge in [-0.3, -0.25) is 0 Å². The van der Waals surface area contributed by atoms with Gasteiger partial charge in [0.1, 0.15) is 29.3 Å². The van der Waals surface area contributed by atoms with Crippen LogP contribution < -0.4 is 0 Å². The van der Waals surface area contributed by atoms with E-state index < -0.39 is 17.7 Å². The smallest absolute Gasteiger partial charge is 0.137 e. The van der Waals surface area contributed by atoms with Crippen LogP contribution in [-0.4, -0.2) is 5.11 Å². The second kappa shape index (κ2) is 4.06. The standard InChI is InChI=1S/C12H10F2O2/c1-7-2-3-11(16-7)12(15)8-4-9(13)6-10(14)5-8/h2-6,12,15H,1H3/t12-/m1/s1. The molecule has 0 aliphatic heterocycles. The zero-order valence-corrected chi connectivity index (χ0v) is 8.58. The van der Waals surface area contributed by atoms with Crippen molar-refractivity contribution in [2.45, 2.75) is 13.0 Å². The second-order valence-corrected chi connectivity index (χ2v) is 3.55. The summed E-state index contributed by atoms with van der Waals surface area (Å²) in [6.07, 6.45) is -1.15.